The second-order valence-electron chi connectivity index (χ2n) is 10.5. The lowest BCUT2D eigenvalue weighted by Gasteiger charge is -2.25. The molecule has 6 rings (SSSR count). The van der Waals surface area contributed by atoms with Crippen molar-refractivity contribution in [1.82, 2.24) is 4.57 Å². The summed E-state index contributed by atoms with van der Waals surface area (Å²) < 4.78 is 41.2. The molecule has 4 aromatic rings. The van der Waals surface area contributed by atoms with Crippen molar-refractivity contribution in [2.75, 3.05) is 34.2 Å². The predicted molar refractivity (Wildman–Crippen MR) is 174 cm³/mol. The quantitative estimate of drug-likeness (QED) is 0.215. The number of aromatic nitrogens is 1. The first-order chi connectivity index (χ1) is 22.8. The third-order valence-corrected chi connectivity index (χ3v) is 8.62. The highest BCUT2D eigenvalue weighted by Crippen LogP contribution is 2.37. The van der Waals surface area contributed by atoms with Crippen LogP contribution in [0.2, 0.25) is 0 Å². The van der Waals surface area contributed by atoms with Crippen molar-refractivity contribution in [1.29, 1.82) is 0 Å². The van der Waals surface area contributed by atoms with E-state index in [0.29, 0.717) is 68.3 Å². The van der Waals surface area contributed by atoms with Crippen molar-refractivity contribution < 1.29 is 38.0 Å². The van der Waals surface area contributed by atoms with Crippen LogP contribution in [-0.2, 0) is 16.1 Å². The van der Waals surface area contributed by atoms with Gasteiger partial charge in [-0.25, -0.2) is 9.79 Å². The number of methoxy groups -OCH3 is 2. The van der Waals surface area contributed by atoms with Gasteiger partial charge in [-0.2, -0.15) is 0 Å². The molecule has 3 heterocycles. The third-order valence-electron chi connectivity index (χ3n) is 7.64. The number of carbonyl (C=O) groups is 1. The lowest BCUT2D eigenvalue weighted by molar-refractivity contribution is -0.139. The van der Waals surface area contributed by atoms with E-state index in [4.69, 9.17) is 33.2 Å². The van der Waals surface area contributed by atoms with Gasteiger partial charge in [0.25, 0.3) is 5.56 Å². The number of ether oxygens (including phenoxy) is 7. The Bertz CT molecular complexity index is 2050. The molecule has 0 aliphatic carbocycles. The molecule has 244 valence electrons. The van der Waals surface area contributed by atoms with Gasteiger partial charge in [-0.05, 0) is 79.9 Å². The molecule has 1 atom stereocenters. The number of thiazole rings is 1. The van der Waals surface area contributed by atoms with Crippen molar-refractivity contribution in [3.8, 4) is 34.5 Å². The molecule has 0 N–H and O–H groups in total. The molecule has 0 amide bonds. The predicted octanol–water partition coefficient (Wildman–Crippen LogP) is 4.52. The van der Waals surface area contributed by atoms with Gasteiger partial charge in [0.2, 0.25) is 6.79 Å². The van der Waals surface area contributed by atoms with Crippen LogP contribution in [0.25, 0.3) is 6.08 Å². The van der Waals surface area contributed by atoms with E-state index in [9.17, 15) is 9.59 Å². The van der Waals surface area contributed by atoms with Crippen molar-refractivity contribution in [3.63, 3.8) is 0 Å². The Morgan fingerprint density at radius 1 is 0.936 bits per heavy atom. The highest BCUT2D eigenvalue weighted by atomic mass is 32.1. The summed E-state index contributed by atoms with van der Waals surface area (Å²) in [5.74, 6) is 2.94. The van der Waals surface area contributed by atoms with E-state index in [1.807, 2.05) is 37.3 Å². The minimum atomic E-state index is -0.793. The first-order valence-corrected chi connectivity index (χ1v) is 15.9. The molecule has 0 fully saturated rings. The van der Waals surface area contributed by atoms with Crippen molar-refractivity contribution in [3.05, 3.63) is 102 Å². The summed E-state index contributed by atoms with van der Waals surface area (Å²) in [4.78, 5) is 32.5. The molecular formula is C35H34N2O9S. The number of hydrogen-bond donors (Lipinski definition) is 0. The summed E-state index contributed by atoms with van der Waals surface area (Å²) in [6.45, 7) is 6.44. The summed E-state index contributed by atoms with van der Waals surface area (Å²) in [6.07, 6.45) is 1.77. The van der Waals surface area contributed by atoms with Crippen LogP contribution in [0, 0.1) is 0 Å². The van der Waals surface area contributed by atoms with Crippen LogP contribution in [0.15, 0.2) is 75.7 Å². The average Bonchev–Trinajstić information content (AvgIpc) is 3.66. The normalized spacial score (nSPS) is 15.2. The number of fused-ring (bicyclic) bond motifs is 2. The van der Waals surface area contributed by atoms with Gasteiger partial charge < -0.3 is 33.2 Å². The molecule has 47 heavy (non-hydrogen) atoms. The standard InChI is InChI=1S/C35H34N2O9S/c1-6-42-29-17-23(10-13-24(29)40-4)32-31(34(39)43-7-2)20(3)36-35-37(32)33(38)30(47-35)16-21-8-11-25(27(14-21)41-5)44-18-22-9-12-26-28(15-22)46-19-45-26/h8-17,32H,6-7,18-19H2,1-5H3/b30-16-/t32-/m1/s1. The third kappa shape index (κ3) is 6.28. The van der Waals surface area contributed by atoms with Gasteiger partial charge in [-0.1, -0.05) is 29.5 Å². The fourth-order valence-electron chi connectivity index (χ4n) is 5.47. The molecule has 12 heteroatoms. The van der Waals surface area contributed by atoms with Gasteiger partial charge >= 0.3 is 5.97 Å². The Hall–Kier alpha value is -5.23. The molecule has 1 aromatic heterocycles. The Morgan fingerprint density at radius 3 is 2.49 bits per heavy atom. The van der Waals surface area contributed by atoms with E-state index in [2.05, 4.69) is 4.99 Å². The average molecular weight is 659 g/mol. The summed E-state index contributed by atoms with van der Waals surface area (Å²) >= 11 is 1.23. The molecule has 0 spiro atoms. The molecular weight excluding hydrogens is 624 g/mol. The fourth-order valence-corrected chi connectivity index (χ4v) is 6.52. The first kappa shape index (κ1) is 31.7. The second-order valence-corrected chi connectivity index (χ2v) is 11.5. The van der Waals surface area contributed by atoms with Gasteiger partial charge in [-0.15, -0.1) is 0 Å². The highest BCUT2D eigenvalue weighted by Gasteiger charge is 2.34. The Kier molecular flexibility index (Phi) is 9.21. The number of esters is 1. The topological polar surface area (TPSA) is 116 Å². The van der Waals surface area contributed by atoms with Gasteiger partial charge in [-0.3, -0.25) is 9.36 Å². The van der Waals surface area contributed by atoms with Gasteiger partial charge in [0.05, 0.1) is 49.3 Å². The van der Waals surface area contributed by atoms with E-state index < -0.39 is 12.0 Å². The summed E-state index contributed by atoms with van der Waals surface area (Å²) in [7, 11) is 3.12. The zero-order valence-electron chi connectivity index (χ0n) is 26.7. The van der Waals surface area contributed by atoms with Crippen LogP contribution in [-0.4, -0.2) is 44.8 Å². The Labute approximate surface area is 274 Å². The lowest BCUT2D eigenvalue weighted by atomic mass is 9.95. The number of carbonyl (C=O) groups excluding carboxylic acids is 1. The maximum Gasteiger partial charge on any atom is 0.338 e. The maximum absolute atomic E-state index is 14.1. The second kappa shape index (κ2) is 13.6. The molecule has 2 aliphatic heterocycles. The number of nitrogens with zero attached hydrogens (tertiary/aromatic N) is 2. The SMILES string of the molecule is CCOC(=O)C1=C(C)N=c2s/c(=C\c3ccc(OCc4ccc5c(c4)OCO5)c(OC)c3)c(=O)n2[C@@H]1c1ccc(OC)c(OCC)c1. The Balaban J connectivity index is 1.37. The van der Waals surface area contributed by atoms with E-state index in [-0.39, 0.29) is 24.5 Å². The van der Waals surface area contributed by atoms with Gasteiger partial charge in [0, 0.05) is 0 Å². The number of allylic oxidation sites excluding steroid dienone is 1. The molecule has 11 nitrogen and oxygen atoms in total. The van der Waals surface area contributed by atoms with Gasteiger partial charge in [0.15, 0.2) is 39.3 Å². The fraction of sp³-hybridized carbons (Fsp3) is 0.286. The zero-order valence-corrected chi connectivity index (χ0v) is 27.5. The number of hydrogen-bond acceptors (Lipinski definition) is 11. The van der Waals surface area contributed by atoms with Crippen LogP contribution in [0.1, 0.15) is 43.5 Å². The van der Waals surface area contributed by atoms with Crippen molar-refractivity contribution in [2.24, 2.45) is 4.99 Å². The minimum Gasteiger partial charge on any atom is -0.493 e. The Morgan fingerprint density at radius 2 is 1.72 bits per heavy atom. The van der Waals surface area contributed by atoms with Crippen LogP contribution in [0.4, 0.5) is 0 Å². The van der Waals surface area contributed by atoms with E-state index in [1.165, 1.54) is 15.9 Å². The highest BCUT2D eigenvalue weighted by molar-refractivity contribution is 7.07. The van der Waals surface area contributed by atoms with Gasteiger partial charge in [0.1, 0.15) is 6.61 Å². The zero-order chi connectivity index (χ0) is 33.1. The van der Waals surface area contributed by atoms with E-state index in [1.54, 1.807) is 58.4 Å². The monoisotopic (exact) mass is 658 g/mol. The largest absolute Gasteiger partial charge is 0.493 e. The van der Waals surface area contributed by atoms with Crippen LogP contribution in [0.5, 0.6) is 34.5 Å². The molecule has 3 aromatic carbocycles. The minimum absolute atomic E-state index is 0.178. The molecule has 0 unspecified atom stereocenters. The van der Waals surface area contributed by atoms with Crippen molar-refractivity contribution >= 4 is 23.4 Å². The summed E-state index contributed by atoms with van der Waals surface area (Å²) in [5.41, 5.74) is 2.75. The molecule has 0 radical (unpaired) electrons. The van der Waals surface area contributed by atoms with Crippen LogP contribution in [0.3, 0.4) is 0 Å². The van der Waals surface area contributed by atoms with E-state index in [0.717, 1.165) is 11.1 Å². The molecule has 0 saturated heterocycles. The summed E-state index contributed by atoms with van der Waals surface area (Å²) in [5, 5.41) is 0. The van der Waals surface area contributed by atoms with Crippen molar-refractivity contribution in [2.45, 2.75) is 33.4 Å². The summed E-state index contributed by atoms with van der Waals surface area (Å²) in [6, 6.07) is 15.7. The lowest BCUT2D eigenvalue weighted by Crippen LogP contribution is -2.40. The number of benzene rings is 3. The van der Waals surface area contributed by atoms with Crippen LogP contribution >= 0.6 is 11.3 Å². The smallest absolute Gasteiger partial charge is 0.338 e. The maximum atomic E-state index is 14.1. The molecule has 0 saturated carbocycles. The van der Waals surface area contributed by atoms with Crippen LogP contribution < -0.4 is 43.3 Å². The number of rotatable bonds is 11. The molecule has 0 bridgehead atoms. The first-order valence-electron chi connectivity index (χ1n) is 15.0. The molecule has 2 aliphatic rings. The van der Waals surface area contributed by atoms with E-state index >= 15 is 0 Å².